The molecular formula is C17H18ClNO4. The van der Waals surface area contributed by atoms with Crippen molar-refractivity contribution < 1.29 is 19.1 Å². The van der Waals surface area contributed by atoms with E-state index in [0.717, 1.165) is 12.8 Å². The number of rotatable bonds is 7. The van der Waals surface area contributed by atoms with Crippen molar-refractivity contribution in [2.24, 2.45) is 0 Å². The fraction of sp³-hybridized carbons (Fsp3) is 0.353. The summed E-state index contributed by atoms with van der Waals surface area (Å²) in [6.07, 6.45) is 3.34. The maximum atomic E-state index is 12.5. The Bertz CT molecular complexity index is 730. The van der Waals surface area contributed by atoms with E-state index < -0.39 is 11.8 Å². The number of carbonyl (C=O) groups is 2. The van der Waals surface area contributed by atoms with Crippen LogP contribution in [-0.2, 0) is 9.53 Å². The highest BCUT2D eigenvalue weighted by atomic mass is 35.5. The van der Waals surface area contributed by atoms with Crippen molar-refractivity contribution in [3.05, 3.63) is 35.0 Å². The Hall–Kier alpha value is -2.14. The van der Waals surface area contributed by atoms with Crippen LogP contribution in [0.1, 0.15) is 37.0 Å². The lowest BCUT2D eigenvalue weighted by atomic mass is 10.0. The van der Waals surface area contributed by atoms with Gasteiger partial charge in [0.05, 0.1) is 29.3 Å². The zero-order valence-electron chi connectivity index (χ0n) is 13.1. The number of benzene rings is 1. The molecule has 0 spiro atoms. The molecule has 0 fully saturated rings. The maximum Gasteiger partial charge on any atom is 0.379 e. The minimum atomic E-state index is -0.930. The fourth-order valence-electron chi connectivity index (χ4n) is 2.16. The summed E-state index contributed by atoms with van der Waals surface area (Å²) in [6, 6.07) is 5.02. The van der Waals surface area contributed by atoms with Crippen LogP contribution in [0.4, 0.5) is 0 Å². The SMILES string of the molecule is CCCCOc1c(Cl)cc2ncccc2c1C(=O)C(=O)OCC. The molecule has 6 heteroatoms. The molecule has 0 saturated carbocycles. The number of unbranched alkanes of at least 4 members (excludes halogenated alkanes) is 1. The lowest BCUT2D eigenvalue weighted by molar-refractivity contribution is -0.137. The van der Waals surface area contributed by atoms with Crippen LogP contribution < -0.4 is 4.74 Å². The molecule has 0 bridgehead atoms. The van der Waals surface area contributed by atoms with Gasteiger partial charge in [0.25, 0.3) is 5.78 Å². The van der Waals surface area contributed by atoms with Crippen LogP contribution in [-0.4, -0.2) is 30.0 Å². The molecule has 0 aliphatic heterocycles. The molecule has 23 heavy (non-hydrogen) atoms. The van der Waals surface area contributed by atoms with Crippen molar-refractivity contribution in [1.29, 1.82) is 0 Å². The highest BCUT2D eigenvalue weighted by molar-refractivity contribution is 6.45. The minimum absolute atomic E-state index is 0.107. The summed E-state index contributed by atoms with van der Waals surface area (Å²) < 4.78 is 10.5. The lowest BCUT2D eigenvalue weighted by Gasteiger charge is -2.14. The van der Waals surface area contributed by atoms with Gasteiger partial charge in [-0.3, -0.25) is 9.78 Å². The largest absolute Gasteiger partial charge is 0.491 e. The third-order valence-electron chi connectivity index (χ3n) is 3.25. The first-order valence-corrected chi connectivity index (χ1v) is 7.89. The molecule has 0 radical (unpaired) electrons. The number of esters is 1. The molecule has 0 aliphatic carbocycles. The zero-order chi connectivity index (χ0) is 16.8. The average molecular weight is 336 g/mol. The van der Waals surface area contributed by atoms with Crippen LogP contribution in [0.25, 0.3) is 10.9 Å². The summed E-state index contributed by atoms with van der Waals surface area (Å²) in [5.74, 6) is -1.50. The van der Waals surface area contributed by atoms with Crippen molar-refractivity contribution in [2.75, 3.05) is 13.2 Å². The molecule has 1 aromatic heterocycles. The number of carbonyl (C=O) groups excluding carboxylic acids is 2. The second-order valence-corrected chi connectivity index (χ2v) is 5.29. The molecule has 0 unspecified atom stereocenters. The Morgan fingerprint density at radius 2 is 2.09 bits per heavy atom. The Morgan fingerprint density at radius 3 is 2.78 bits per heavy atom. The van der Waals surface area contributed by atoms with E-state index in [9.17, 15) is 9.59 Å². The number of pyridine rings is 1. The van der Waals surface area contributed by atoms with Crippen molar-refractivity contribution in [2.45, 2.75) is 26.7 Å². The number of hydrogen-bond acceptors (Lipinski definition) is 5. The summed E-state index contributed by atoms with van der Waals surface area (Å²) >= 11 is 6.24. The zero-order valence-corrected chi connectivity index (χ0v) is 13.9. The van der Waals surface area contributed by atoms with Crippen LogP contribution in [0.15, 0.2) is 24.4 Å². The highest BCUT2D eigenvalue weighted by Crippen LogP contribution is 2.35. The number of hydrogen-bond donors (Lipinski definition) is 0. The van der Waals surface area contributed by atoms with Gasteiger partial charge in [-0.15, -0.1) is 0 Å². The summed E-state index contributed by atoms with van der Waals surface area (Å²) in [7, 11) is 0. The highest BCUT2D eigenvalue weighted by Gasteiger charge is 2.26. The van der Waals surface area contributed by atoms with Gasteiger partial charge in [-0.05, 0) is 25.5 Å². The Morgan fingerprint density at radius 1 is 1.30 bits per heavy atom. The number of Topliss-reactive ketones (excluding diaryl/α,β-unsaturated/α-hetero) is 1. The third-order valence-corrected chi connectivity index (χ3v) is 3.53. The van der Waals surface area contributed by atoms with Crippen LogP contribution in [0.3, 0.4) is 0 Å². The van der Waals surface area contributed by atoms with E-state index in [1.807, 2.05) is 6.92 Å². The van der Waals surface area contributed by atoms with E-state index in [1.54, 1.807) is 31.3 Å². The number of nitrogens with zero attached hydrogens (tertiary/aromatic N) is 1. The van der Waals surface area contributed by atoms with E-state index >= 15 is 0 Å². The van der Waals surface area contributed by atoms with Crippen LogP contribution >= 0.6 is 11.6 Å². The molecular weight excluding hydrogens is 318 g/mol. The van der Waals surface area contributed by atoms with Gasteiger partial charge in [0.1, 0.15) is 5.75 Å². The molecule has 5 nitrogen and oxygen atoms in total. The summed E-state index contributed by atoms with van der Waals surface area (Å²) in [4.78, 5) is 28.6. The first kappa shape index (κ1) is 17.2. The van der Waals surface area contributed by atoms with Gasteiger partial charge < -0.3 is 9.47 Å². The maximum absolute atomic E-state index is 12.5. The van der Waals surface area contributed by atoms with Gasteiger partial charge in [0, 0.05) is 11.6 Å². The van der Waals surface area contributed by atoms with Crippen LogP contribution in [0, 0.1) is 0 Å². The first-order chi connectivity index (χ1) is 11.1. The third kappa shape index (κ3) is 3.79. The minimum Gasteiger partial charge on any atom is -0.491 e. The van der Waals surface area contributed by atoms with E-state index in [2.05, 4.69) is 4.98 Å². The van der Waals surface area contributed by atoms with E-state index in [1.165, 1.54) is 0 Å². The quantitative estimate of drug-likeness (QED) is 0.333. The number of halogens is 1. The Kier molecular flexibility index (Phi) is 5.93. The molecule has 122 valence electrons. The molecule has 1 heterocycles. The molecule has 0 aliphatic rings. The number of ether oxygens (including phenoxy) is 2. The summed E-state index contributed by atoms with van der Waals surface area (Å²) in [5.41, 5.74) is 0.628. The Balaban J connectivity index is 2.58. The predicted octanol–water partition coefficient (Wildman–Crippen LogP) is 3.81. The summed E-state index contributed by atoms with van der Waals surface area (Å²) in [6.45, 7) is 4.19. The number of fused-ring (bicyclic) bond motifs is 1. The topological polar surface area (TPSA) is 65.5 Å². The predicted molar refractivity (Wildman–Crippen MR) is 88.1 cm³/mol. The van der Waals surface area contributed by atoms with Crippen molar-refractivity contribution in [3.63, 3.8) is 0 Å². The number of ketones is 1. The van der Waals surface area contributed by atoms with Crippen LogP contribution in [0.2, 0.25) is 5.02 Å². The van der Waals surface area contributed by atoms with Gasteiger partial charge in [0.15, 0.2) is 0 Å². The average Bonchev–Trinajstić information content (AvgIpc) is 2.55. The molecule has 2 rings (SSSR count). The monoisotopic (exact) mass is 335 g/mol. The smallest absolute Gasteiger partial charge is 0.379 e. The molecule has 0 N–H and O–H groups in total. The first-order valence-electron chi connectivity index (χ1n) is 7.51. The molecule has 0 atom stereocenters. The van der Waals surface area contributed by atoms with E-state index in [-0.39, 0.29) is 22.9 Å². The van der Waals surface area contributed by atoms with Crippen molar-refractivity contribution >= 4 is 34.3 Å². The normalized spacial score (nSPS) is 10.6. The number of aromatic nitrogens is 1. The molecule has 0 saturated heterocycles. The fourth-order valence-corrected chi connectivity index (χ4v) is 2.41. The van der Waals surface area contributed by atoms with Gasteiger partial charge in [-0.25, -0.2) is 4.79 Å². The Labute approximate surface area is 139 Å². The van der Waals surface area contributed by atoms with E-state index in [4.69, 9.17) is 21.1 Å². The van der Waals surface area contributed by atoms with E-state index in [0.29, 0.717) is 17.5 Å². The second-order valence-electron chi connectivity index (χ2n) is 4.88. The second kappa shape index (κ2) is 7.92. The van der Waals surface area contributed by atoms with Gasteiger partial charge >= 0.3 is 5.97 Å². The van der Waals surface area contributed by atoms with Gasteiger partial charge in [-0.2, -0.15) is 0 Å². The summed E-state index contributed by atoms with van der Waals surface area (Å²) in [5, 5.41) is 0.765. The molecule has 0 amide bonds. The van der Waals surface area contributed by atoms with Gasteiger partial charge in [-0.1, -0.05) is 31.0 Å². The standard InChI is InChI=1S/C17H18ClNO4/c1-3-5-9-23-16-12(18)10-13-11(7-6-8-19-13)14(16)15(20)17(21)22-4-2/h6-8,10H,3-5,9H2,1-2H3. The van der Waals surface area contributed by atoms with Crippen molar-refractivity contribution in [1.82, 2.24) is 4.98 Å². The molecule has 2 aromatic rings. The van der Waals surface area contributed by atoms with Gasteiger partial charge in [0.2, 0.25) is 0 Å². The molecule has 1 aromatic carbocycles. The van der Waals surface area contributed by atoms with Crippen molar-refractivity contribution in [3.8, 4) is 5.75 Å². The lowest BCUT2D eigenvalue weighted by Crippen LogP contribution is -2.19. The van der Waals surface area contributed by atoms with Crippen LogP contribution in [0.5, 0.6) is 5.75 Å².